The highest BCUT2D eigenvalue weighted by Crippen LogP contribution is 2.40. The third-order valence-corrected chi connectivity index (χ3v) is 5.54. The molecule has 1 saturated carbocycles. The van der Waals surface area contributed by atoms with E-state index in [1.807, 2.05) is 0 Å². The molecular formula is C17H33NO. The average molecular weight is 267 g/mol. The second-order valence-electron chi connectivity index (χ2n) is 7.44. The summed E-state index contributed by atoms with van der Waals surface area (Å²) in [6.07, 6.45) is 9.38. The van der Waals surface area contributed by atoms with E-state index in [9.17, 15) is 0 Å². The Kier molecular flexibility index (Phi) is 4.94. The normalized spacial score (nSPS) is 40.6. The number of ether oxygens (including phenoxy) is 1. The van der Waals surface area contributed by atoms with E-state index in [4.69, 9.17) is 4.74 Å². The van der Waals surface area contributed by atoms with Gasteiger partial charge in [-0.05, 0) is 38.0 Å². The lowest BCUT2D eigenvalue weighted by Gasteiger charge is -2.49. The van der Waals surface area contributed by atoms with Crippen LogP contribution in [0.4, 0.5) is 0 Å². The van der Waals surface area contributed by atoms with Crippen molar-refractivity contribution in [2.75, 3.05) is 13.1 Å². The highest BCUT2D eigenvalue weighted by Gasteiger charge is 2.45. The van der Waals surface area contributed by atoms with Gasteiger partial charge in [0.15, 0.2) is 0 Å². The van der Waals surface area contributed by atoms with Gasteiger partial charge >= 0.3 is 0 Å². The van der Waals surface area contributed by atoms with Crippen LogP contribution in [0.3, 0.4) is 0 Å². The van der Waals surface area contributed by atoms with Gasteiger partial charge in [0.1, 0.15) is 0 Å². The largest absolute Gasteiger partial charge is 0.366 e. The van der Waals surface area contributed by atoms with E-state index in [2.05, 4.69) is 33.0 Å². The minimum atomic E-state index is 0.0167. The van der Waals surface area contributed by atoms with Crippen molar-refractivity contribution in [3.05, 3.63) is 0 Å². The van der Waals surface area contributed by atoms with E-state index in [0.29, 0.717) is 5.92 Å². The van der Waals surface area contributed by atoms with Gasteiger partial charge in [-0.1, -0.05) is 46.5 Å². The van der Waals surface area contributed by atoms with Crippen LogP contribution in [0.15, 0.2) is 0 Å². The fraction of sp³-hybridized carbons (Fsp3) is 1.00. The molecule has 1 aliphatic carbocycles. The van der Waals surface area contributed by atoms with Crippen molar-refractivity contribution >= 4 is 0 Å². The molecule has 3 atom stereocenters. The number of hydrogen-bond acceptors (Lipinski definition) is 2. The van der Waals surface area contributed by atoms with Gasteiger partial charge in [-0.15, -0.1) is 0 Å². The molecule has 0 bridgehead atoms. The molecule has 1 saturated heterocycles. The molecule has 0 amide bonds. The lowest BCUT2D eigenvalue weighted by Crippen LogP contribution is -2.61. The van der Waals surface area contributed by atoms with Crippen LogP contribution >= 0.6 is 0 Å². The Morgan fingerprint density at radius 1 is 1.21 bits per heavy atom. The minimum Gasteiger partial charge on any atom is -0.366 e. The molecule has 1 heterocycles. The molecule has 19 heavy (non-hydrogen) atoms. The van der Waals surface area contributed by atoms with E-state index in [1.54, 1.807) is 0 Å². The van der Waals surface area contributed by atoms with Crippen molar-refractivity contribution in [1.29, 1.82) is 0 Å². The van der Waals surface area contributed by atoms with Gasteiger partial charge in [0, 0.05) is 13.1 Å². The molecule has 2 fully saturated rings. The molecule has 0 aromatic rings. The molecular weight excluding hydrogens is 234 g/mol. The van der Waals surface area contributed by atoms with E-state index in [0.717, 1.165) is 19.0 Å². The van der Waals surface area contributed by atoms with Crippen LogP contribution in [-0.4, -0.2) is 24.3 Å². The predicted octanol–water partition coefficient (Wildman–Crippen LogP) is 4.14. The van der Waals surface area contributed by atoms with E-state index in [-0.39, 0.29) is 11.2 Å². The fourth-order valence-electron chi connectivity index (χ4n) is 3.85. The van der Waals surface area contributed by atoms with E-state index >= 15 is 0 Å². The van der Waals surface area contributed by atoms with Crippen LogP contribution in [0.2, 0.25) is 0 Å². The highest BCUT2D eigenvalue weighted by atomic mass is 16.5. The summed E-state index contributed by atoms with van der Waals surface area (Å²) in [5.41, 5.74) is 0.141. The fourth-order valence-corrected chi connectivity index (χ4v) is 3.85. The van der Waals surface area contributed by atoms with Crippen molar-refractivity contribution in [3.63, 3.8) is 0 Å². The summed E-state index contributed by atoms with van der Waals surface area (Å²) in [6, 6.07) is 0. The lowest BCUT2D eigenvalue weighted by molar-refractivity contribution is -0.194. The summed E-state index contributed by atoms with van der Waals surface area (Å²) in [5, 5.41) is 3.67. The van der Waals surface area contributed by atoms with Gasteiger partial charge in [-0.2, -0.15) is 0 Å². The standard InChI is InChI=1S/C17H33NO/c1-5-7-15-8-6-10-17(11-9-15)13-18-12-16(4,19-17)14(2)3/h14-15,18H,5-13H2,1-4H3. The van der Waals surface area contributed by atoms with Crippen molar-refractivity contribution in [1.82, 2.24) is 5.32 Å². The Labute approximate surface area is 119 Å². The first-order chi connectivity index (χ1) is 9.00. The zero-order valence-electron chi connectivity index (χ0n) is 13.4. The Bertz CT molecular complexity index is 291. The smallest absolute Gasteiger partial charge is 0.0814 e. The van der Waals surface area contributed by atoms with E-state index in [1.165, 1.54) is 44.9 Å². The molecule has 0 aromatic carbocycles. The quantitative estimate of drug-likeness (QED) is 0.830. The molecule has 0 aromatic heterocycles. The molecule has 2 aliphatic rings. The van der Waals surface area contributed by atoms with Crippen molar-refractivity contribution in [2.24, 2.45) is 11.8 Å². The second-order valence-corrected chi connectivity index (χ2v) is 7.44. The molecule has 0 radical (unpaired) electrons. The maximum Gasteiger partial charge on any atom is 0.0814 e. The third kappa shape index (κ3) is 3.52. The monoisotopic (exact) mass is 267 g/mol. The Morgan fingerprint density at radius 2 is 2.00 bits per heavy atom. The first-order valence-electron chi connectivity index (χ1n) is 8.40. The topological polar surface area (TPSA) is 21.3 Å². The van der Waals surface area contributed by atoms with Gasteiger partial charge < -0.3 is 10.1 Å². The minimum absolute atomic E-state index is 0.0167. The first kappa shape index (κ1) is 15.3. The maximum absolute atomic E-state index is 6.71. The summed E-state index contributed by atoms with van der Waals surface area (Å²) in [7, 11) is 0. The number of rotatable bonds is 3. The average Bonchev–Trinajstić information content (AvgIpc) is 2.53. The Hall–Kier alpha value is -0.0800. The zero-order valence-corrected chi connectivity index (χ0v) is 13.4. The molecule has 1 spiro atoms. The summed E-state index contributed by atoms with van der Waals surface area (Å²) in [5.74, 6) is 1.52. The van der Waals surface area contributed by atoms with Gasteiger partial charge in [0.05, 0.1) is 11.2 Å². The lowest BCUT2D eigenvalue weighted by atomic mass is 9.84. The Balaban J connectivity index is 2.02. The molecule has 2 nitrogen and oxygen atoms in total. The predicted molar refractivity (Wildman–Crippen MR) is 81.4 cm³/mol. The third-order valence-electron chi connectivity index (χ3n) is 5.54. The van der Waals surface area contributed by atoms with Crippen LogP contribution < -0.4 is 5.32 Å². The van der Waals surface area contributed by atoms with Gasteiger partial charge in [-0.3, -0.25) is 0 Å². The molecule has 2 rings (SSSR count). The summed E-state index contributed by atoms with van der Waals surface area (Å²) in [6.45, 7) is 11.3. The van der Waals surface area contributed by atoms with Crippen LogP contribution in [0.5, 0.6) is 0 Å². The van der Waals surface area contributed by atoms with Gasteiger partial charge in [0.2, 0.25) is 0 Å². The molecule has 1 N–H and O–H groups in total. The zero-order chi connectivity index (χ0) is 13.9. The van der Waals surface area contributed by atoms with Crippen molar-refractivity contribution < 1.29 is 4.74 Å². The van der Waals surface area contributed by atoms with Gasteiger partial charge in [-0.25, -0.2) is 0 Å². The first-order valence-corrected chi connectivity index (χ1v) is 8.40. The molecule has 1 aliphatic heterocycles. The van der Waals surface area contributed by atoms with Crippen molar-refractivity contribution in [3.8, 4) is 0 Å². The van der Waals surface area contributed by atoms with Crippen molar-refractivity contribution in [2.45, 2.75) is 83.8 Å². The van der Waals surface area contributed by atoms with Gasteiger partial charge in [0.25, 0.3) is 0 Å². The van der Waals surface area contributed by atoms with Crippen LogP contribution in [0.25, 0.3) is 0 Å². The number of hydrogen-bond donors (Lipinski definition) is 1. The molecule has 2 heteroatoms. The second kappa shape index (κ2) is 6.13. The van der Waals surface area contributed by atoms with Crippen LogP contribution in [0.1, 0.15) is 72.6 Å². The molecule has 3 unspecified atom stereocenters. The highest BCUT2D eigenvalue weighted by molar-refractivity contribution is 4.97. The Morgan fingerprint density at radius 3 is 2.68 bits per heavy atom. The summed E-state index contributed by atoms with van der Waals surface area (Å²) < 4.78 is 6.71. The SMILES string of the molecule is CCCC1CCCC2(CC1)CNCC(C)(C(C)C)O2. The summed E-state index contributed by atoms with van der Waals surface area (Å²) >= 11 is 0. The van der Waals surface area contributed by atoms with Crippen LogP contribution in [0, 0.1) is 11.8 Å². The number of nitrogens with one attached hydrogen (secondary N) is 1. The number of morpholine rings is 1. The molecule has 112 valence electrons. The van der Waals surface area contributed by atoms with Crippen LogP contribution in [-0.2, 0) is 4.74 Å². The summed E-state index contributed by atoms with van der Waals surface area (Å²) in [4.78, 5) is 0. The maximum atomic E-state index is 6.71. The van der Waals surface area contributed by atoms with E-state index < -0.39 is 0 Å².